The zero-order chi connectivity index (χ0) is 37.5. The van der Waals surface area contributed by atoms with Crippen molar-refractivity contribution < 1.29 is 28.4 Å². The van der Waals surface area contributed by atoms with Crippen LogP contribution < -0.4 is 11.1 Å². The van der Waals surface area contributed by atoms with E-state index in [-0.39, 0.29) is 25.7 Å². The van der Waals surface area contributed by atoms with E-state index in [2.05, 4.69) is 31.3 Å². The molecule has 0 saturated heterocycles. The van der Waals surface area contributed by atoms with Crippen LogP contribution in [0, 0.1) is 0 Å². The minimum atomic E-state index is -4.34. The molecule has 0 fully saturated rings. The average molecular weight is 743 g/mol. The molecule has 0 spiro atoms. The summed E-state index contributed by atoms with van der Waals surface area (Å²) in [5.74, 6) is -0.202. The summed E-state index contributed by atoms with van der Waals surface area (Å²) >= 11 is 0. The summed E-state index contributed by atoms with van der Waals surface area (Å²) in [7, 11) is -4.34. The molecule has 0 aliphatic rings. The second-order valence-electron chi connectivity index (χ2n) is 14.6. The second kappa shape index (κ2) is 38.7. The number of rotatable bonds is 40. The minimum Gasteiger partial charge on any atom is -0.387 e. The van der Waals surface area contributed by atoms with E-state index in [1.807, 2.05) is 6.08 Å². The van der Waals surface area contributed by atoms with Crippen LogP contribution in [0.4, 0.5) is 0 Å². The SMILES string of the molecule is CCCCCCC/C=C/CC/C=C/C(O)C(COP(=O)(O)OCCN)NC(=O)CCCCCCCCCCCCCCCCCCCCCCC. The Balaban J connectivity index is 4.11. The summed E-state index contributed by atoms with van der Waals surface area (Å²) in [6.07, 6.45) is 43.8. The molecule has 0 bridgehead atoms. The molecule has 0 aliphatic carbocycles. The van der Waals surface area contributed by atoms with Crippen LogP contribution in [-0.2, 0) is 18.4 Å². The summed E-state index contributed by atoms with van der Waals surface area (Å²) in [5, 5.41) is 13.6. The lowest BCUT2D eigenvalue weighted by atomic mass is 10.0. The summed E-state index contributed by atoms with van der Waals surface area (Å²) in [5.41, 5.74) is 5.36. The van der Waals surface area contributed by atoms with Crippen molar-refractivity contribution in [2.45, 2.75) is 219 Å². The Morgan fingerprint density at radius 1 is 0.627 bits per heavy atom. The van der Waals surface area contributed by atoms with Crippen LogP contribution in [0.15, 0.2) is 24.3 Å². The van der Waals surface area contributed by atoms with Gasteiger partial charge >= 0.3 is 7.82 Å². The van der Waals surface area contributed by atoms with Gasteiger partial charge in [-0.25, -0.2) is 4.57 Å². The highest BCUT2D eigenvalue weighted by Crippen LogP contribution is 2.43. The Kier molecular flexibility index (Phi) is 37.9. The van der Waals surface area contributed by atoms with Crippen LogP contribution >= 0.6 is 7.82 Å². The summed E-state index contributed by atoms with van der Waals surface area (Å²) in [6, 6.07) is -0.871. The molecule has 51 heavy (non-hydrogen) atoms. The predicted molar refractivity (Wildman–Crippen MR) is 217 cm³/mol. The number of phosphoric ester groups is 1. The number of allylic oxidation sites excluding steroid dienone is 3. The van der Waals surface area contributed by atoms with Crippen molar-refractivity contribution in [3.8, 4) is 0 Å². The molecule has 0 radical (unpaired) electrons. The van der Waals surface area contributed by atoms with Crippen molar-refractivity contribution in [3.05, 3.63) is 24.3 Å². The molecule has 0 heterocycles. The van der Waals surface area contributed by atoms with Gasteiger partial charge in [-0.1, -0.05) is 192 Å². The third-order valence-corrected chi connectivity index (χ3v) is 10.5. The Bertz CT molecular complexity index is 855. The monoisotopic (exact) mass is 743 g/mol. The number of aliphatic hydroxyl groups excluding tert-OH is 1. The van der Waals surface area contributed by atoms with Crippen molar-refractivity contribution in [2.24, 2.45) is 5.73 Å². The first-order valence-electron chi connectivity index (χ1n) is 21.5. The lowest BCUT2D eigenvalue weighted by Gasteiger charge is -2.23. The molecule has 302 valence electrons. The van der Waals surface area contributed by atoms with Crippen molar-refractivity contribution in [1.29, 1.82) is 0 Å². The first kappa shape index (κ1) is 50.0. The molecule has 0 rings (SSSR count). The maximum absolute atomic E-state index is 12.7. The molecule has 3 unspecified atom stereocenters. The number of unbranched alkanes of at least 4 members (excludes halogenated alkanes) is 26. The zero-order valence-electron chi connectivity index (χ0n) is 33.4. The summed E-state index contributed by atoms with van der Waals surface area (Å²) in [4.78, 5) is 22.6. The number of nitrogens with one attached hydrogen (secondary N) is 1. The maximum atomic E-state index is 12.7. The van der Waals surface area contributed by atoms with Gasteiger partial charge in [0.25, 0.3) is 0 Å². The number of carbonyl (C=O) groups is 1. The van der Waals surface area contributed by atoms with Gasteiger partial charge in [-0.05, 0) is 32.1 Å². The molecular formula is C42H83N2O6P. The zero-order valence-corrected chi connectivity index (χ0v) is 34.2. The van der Waals surface area contributed by atoms with Crippen LogP contribution in [0.3, 0.4) is 0 Å². The lowest BCUT2D eigenvalue weighted by molar-refractivity contribution is -0.123. The first-order chi connectivity index (χ1) is 24.9. The van der Waals surface area contributed by atoms with E-state index in [0.717, 1.165) is 38.5 Å². The highest BCUT2D eigenvalue weighted by Gasteiger charge is 2.26. The minimum absolute atomic E-state index is 0.0756. The van der Waals surface area contributed by atoms with Gasteiger partial charge < -0.3 is 21.1 Å². The van der Waals surface area contributed by atoms with Crippen LogP contribution in [-0.4, -0.2) is 47.8 Å². The van der Waals surface area contributed by atoms with Gasteiger partial charge in [0.2, 0.25) is 5.91 Å². The molecule has 9 heteroatoms. The smallest absolute Gasteiger partial charge is 0.387 e. The van der Waals surface area contributed by atoms with E-state index in [9.17, 15) is 19.4 Å². The summed E-state index contributed by atoms with van der Waals surface area (Å²) in [6.45, 7) is 4.10. The normalized spacial score (nSPS) is 14.4. The molecular weight excluding hydrogens is 659 g/mol. The Morgan fingerprint density at radius 3 is 1.51 bits per heavy atom. The Morgan fingerprint density at radius 2 is 1.04 bits per heavy atom. The molecule has 0 aromatic heterocycles. The molecule has 0 aromatic rings. The number of amides is 1. The molecule has 0 aromatic carbocycles. The number of nitrogens with two attached hydrogens (primary N) is 1. The molecule has 5 N–H and O–H groups in total. The van der Waals surface area contributed by atoms with Gasteiger partial charge in [-0.15, -0.1) is 0 Å². The fraction of sp³-hybridized carbons (Fsp3) is 0.881. The molecule has 3 atom stereocenters. The van der Waals surface area contributed by atoms with Gasteiger partial charge in [-0.2, -0.15) is 0 Å². The maximum Gasteiger partial charge on any atom is 0.472 e. The van der Waals surface area contributed by atoms with E-state index in [1.54, 1.807) is 6.08 Å². The highest BCUT2D eigenvalue weighted by molar-refractivity contribution is 7.47. The van der Waals surface area contributed by atoms with Crippen molar-refractivity contribution in [1.82, 2.24) is 5.32 Å². The number of aliphatic hydroxyl groups is 1. The van der Waals surface area contributed by atoms with Gasteiger partial charge in [0, 0.05) is 13.0 Å². The number of phosphoric acid groups is 1. The van der Waals surface area contributed by atoms with E-state index in [1.165, 1.54) is 148 Å². The molecule has 0 aliphatic heterocycles. The number of hydrogen-bond acceptors (Lipinski definition) is 6. The lowest BCUT2D eigenvalue weighted by Crippen LogP contribution is -2.45. The highest BCUT2D eigenvalue weighted by atomic mass is 31.2. The van der Waals surface area contributed by atoms with Crippen molar-refractivity contribution >= 4 is 13.7 Å². The Hall–Kier alpha value is -1.02. The third kappa shape index (κ3) is 37.1. The second-order valence-corrected chi connectivity index (χ2v) is 16.0. The fourth-order valence-corrected chi connectivity index (χ4v) is 7.03. The predicted octanol–water partition coefficient (Wildman–Crippen LogP) is 11.8. The van der Waals surface area contributed by atoms with Crippen LogP contribution in [0.5, 0.6) is 0 Å². The summed E-state index contributed by atoms with van der Waals surface area (Å²) < 4.78 is 22.0. The fourth-order valence-electron chi connectivity index (χ4n) is 6.27. The van der Waals surface area contributed by atoms with E-state index >= 15 is 0 Å². The first-order valence-corrected chi connectivity index (χ1v) is 23.0. The van der Waals surface area contributed by atoms with Gasteiger partial charge in [0.15, 0.2) is 0 Å². The number of hydrogen-bond donors (Lipinski definition) is 4. The van der Waals surface area contributed by atoms with Crippen molar-refractivity contribution in [3.63, 3.8) is 0 Å². The quantitative estimate of drug-likeness (QED) is 0.0279. The average Bonchev–Trinajstić information content (AvgIpc) is 3.12. The van der Waals surface area contributed by atoms with E-state index < -0.39 is 20.0 Å². The van der Waals surface area contributed by atoms with E-state index in [4.69, 9.17) is 14.8 Å². The topological polar surface area (TPSA) is 131 Å². The van der Waals surface area contributed by atoms with Crippen LogP contribution in [0.1, 0.15) is 206 Å². The Labute approximate surface area is 315 Å². The van der Waals surface area contributed by atoms with Crippen molar-refractivity contribution in [2.75, 3.05) is 19.8 Å². The number of carbonyl (C=O) groups excluding carboxylic acids is 1. The van der Waals surface area contributed by atoms with Gasteiger partial charge in [-0.3, -0.25) is 13.8 Å². The largest absolute Gasteiger partial charge is 0.472 e. The molecule has 8 nitrogen and oxygen atoms in total. The molecule has 0 saturated carbocycles. The van der Waals surface area contributed by atoms with E-state index in [0.29, 0.717) is 6.42 Å². The molecule has 1 amide bonds. The third-order valence-electron chi connectivity index (χ3n) is 9.53. The van der Waals surface area contributed by atoms with Crippen LogP contribution in [0.25, 0.3) is 0 Å². The van der Waals surface area contributed by atoms with Gasteiger partial charge in [0.1, 0.15) is 0 Å². The van der Waals surface area contributed by atoms with Crippen LogP contribution in [0.2, 0.25) is 0 Å². The van der Waals surface area contributed by atoms with Gasteiger partial charge in [0.05, 0.1) is 25.4 Å². The standard InChI is InChI=1S/C42H83N2O6P/c1-3-5-7-9-11-13-15-16-17-18-19-20-21-22-23-24-26-28-30-32-34-36-42(46)44-40(39-50-51(47,48)49-38-37-43)41(45)35-33-31-29-27-25-14-12-10-8-6-4-2/h25,27,33,35,40-41,45H,3-24,26,28-32,34,36-39,43H2,1-2H3,(H,44,46)(H,47,48)/b27-25+,35-33+.